The lowest BCUT2D eigenvalue weighted by Crippen LogP contribution is -2.24. The topological polar surface area (TPSA) is 12.0 Å². The highest BCUT2D eigenvalue weighted by molar-refractivity contribution is 6.42. The third-order valence-electron chi connectivity index (χ3n) is 3.69. The first kappa shape index (κ1) is 13.2. The Morgan fingerprint density at radius 1 is 1.24 bits per heavy atom. The highest BCUT2D eigenvalue weighted by Crippen LogP contribution is 2.40. The summed E-state index contributed by atoms with van der Waals surface area (Å²) < 4.78 is 0. The summed E-state index contributed by atoms with van der Waals surface area (Å²) in [4.78, 5) is 0. The van der Waals surface area contributed by atoms with Crippen LogP contribution in [0.5, 0.6) is 0 Å². The van der Waals surface area contributed by atoms with Crippen LogP contribution in [0.3, 0.4) is 0 Å². The summed E-state index contributed by atoms with van der Waals surface area (Å²) in [5, 5.41) is 4.79. The quantitative estimate of drug-likeness (QED) is 0.851. The standard InChI is InChI=1S/C14H19Cl2N/c1-2-17-9-11-4-3-5-12(11)10-6-7-13(15)14(16)8-10/h6-8,11-12,17H,2-5,9H2,1H3. The Morgan fingerprint density at radius 2 is 2.06 bits per heavy atom. The van der Waals surface area contributed by atoms with E-state index in [2.05, 4.69) is 18.3 Å². The minimum absolute atomic E-state index is 0.642. The second-order valence-corrected chi connectivity index (χ2v) is 5.59. The highest BCUT2D eigenvalue weighted by atomic mass is 35.5. The van der Waals surface area contributed by atoms with Gasteiger partial charge in [0, 0.05) is 0 Å². The van der Waals surface area contributed by atoms with E-state index in [4.69, 9.17) is 23.2 Å². The summed E-state index contributed by atoms with van der Waals surface area (Å²) in [6.07, 6.45) is 3.91. The van der Waals surface area contributed by atoms with Crippen LogP contribution >= 0.6 is 23.2 Å². The van der Waals surface area contributed by atoms with Gasteiger partial charge in [0.1, 0.15) is 0 Å². The second-order valence-electron chi connectivity index (χ2n) is 4.78. The Morgan fingerprint density at radius 3 is 2.76 bits per heavy atom. The summed E-state index contributed by atoms with van der Waals surface area (Å²) >= 11 is 12.1. The summed E-state index contributed by atoms with van der Waals surface area (Å²) in [5.41, 5.74) is 1.35. The predicted octanol–water partition coefficient (Wildman–Crippen LogP) is 4.49. The summed E-state index contributed by atoms with van der Waals surface area (Å²) in [5.74, 6) is 1.39. The fourth-order valence-corrected chi connectivity index (χ4v) is 3.10. The van der Waals surface area contributed by atoms with Crippen LogP contribution in [0.1, 0.15) is 37.7 Å². The predicted molar refractivity (Wildman–Crippen MR) is 75.1 cm³/mol. The molecule has 0 bridgehead atoms. The second kappa shape index (κ2) is 6.08. The molecule has 0 saturated heterocycles. The third kappa shape index (κ3) is 3.15. The van der Waals surface area contributed by atoms with E-state index in [-0.39, 0.29) is 0 Å². The normalized spacial score (nSPS) is 24.2. The van der Waals surface area contributed by atoms with Gasteiger partial charge in [-0.25, -0.2) is 0 Å². The van der Waals surface area contributed by atoms with Crippen LogP contribution in [-0.4, -0.2) is 13.1 Å². The lowest BCUT2D eigenvalue weighted by molar-refractivity contribution is 0.450. The first-order chi connectivity index (χ1) is 8.22. The average molecular weight is 272 g/mol. The van der Waals surface area contributed by atoms with Gasteiger partial charge in [-0.1, -0.05) is 42.6 Å². The van der Waals surface area contributed by atoms with E-state index in [9.17, 15) is 0 Å². The fourth-order valence-electron chi connectivity index (χ4n) is 2.79. The molecular formula is C14H19Cl2N. The number of benzene rings is 1. The maximum absolute atomic E-state index is 6.10. The van der Waals surface area contributed by atoms with Gasteiger partial charge in [-0.15, -0.1) is 0 Å². The molecule has 0 amide bonds. The largest absolute Gasteiger partial charge is 0.317 e. The van der Waals surface area contributed by atoms with E-state index in [1.165, 1.54) is 24.8 Å². The maximum Gasteiger partial charge on any atom is 0.0595 e. The van der Waals surface area contributed by atoms with Crippen molar-refractivity contribution in [2.24, 2.45) is 5.92 Å². The van der Waals surface area contributed by atoms with Gasteiger partial charge in [0.25, 0.3) is 0 Å². The molecule has 2 atom stereocenters. The maximum atomic E-state index is 6.10. The lowest BCUT2D eigenvalue weighted by atomic mass is 9.89. The SMILES string of the molecule is CCNCC1CCCC1c1ccc(Cl)c(Cl)c1. The number of rotatable bonds is 4. The molecule has 1 fully saturated rings. The van der Waals surface area contributed by atoms with E-state index >= 15 is 0 Å². The van der Waals surface area contributed by atoms with Crippen LogP contribution in [0.25, 0.3) is 0 Å². The number of nitrogens with one attached hydrogen (secondary N) is 1. The molecule has 2 unspecified atom stereocenters. The number of halogens is 2. The van der Waals surface area contributed by atoms with E-state index in [1.54, 1.807) is 0 Å². The highest BCUT2D eigenvalue weighted by Gasteiger charge is 2.28. The smallest absolute Gasteiger partial charge is 0.0595 e. The summed E-state index contributed by atoms with van der Waals surface area (Å²) in [7, 11) is 0. The fraction of sp³-hybridized carbons (Fsp3) is 0.571. The van der Waals surface area contributed by atoms with Gasteiger partial charge in [0.15, 0.2) is 0 Å². The molecule has 17 heavy (non-hydrogen) atoms. The molecule has 0 aromatic heterocycles. The Labute approximate surface area is 114 Å². The van der Waals surface area contributed by atoms with Crippen LogP contribution in [0.2, 0.25) is 10.0 Å². The van der Waals surface area contributed by atoms with Crippen LogP contribution in [-0.2, 0) is 0 Å². The molecule has 0 radical (unpaired) electrons. The average Bonchev–Trinajstić information content (AvgIpc) is 2.78. The van der Waals surface area contributed by atoms with Crippen LogP contribution in [0, 0.1) is 5.92 Å². The zero-order chi connectivity index (χ0) is 12.3. The van der Waals surface area contributed by atoms with Crippen molar-refractivity contribution >= 4 is 23.2 Å². The molecule has 3 heteroatoms. The Balaban J connectivity index is 2.11. The third-order valence-corrected chi connectivity index (χ3v) is 4.43. The molecule has 1 aliphatic carbocycles. The number of hydrogen-bond acceptors (Lipinski definition) is 1. The molecule has 1 N–H and O–H groups in total. The van der Waals surface area contributed by atoms with Crippen LogP contribution in [0.15, 0.2) is 18.2 Å². The van der Waals surface area contributed by atoms with Crippen LogP contribution in [0.4, 0.5) is 0 Å². The van der Waals surface area contributed by atoms with Crippen molar-refractivity contribution in [3.8, 4) is 0 Å². The molecule has 0 aliphatic heterocycles. The molecule has 1 nitrogen and oxygen atoms in total. The van der Waals surface area contributed by atoms with E-state index < -0.39 is 0 Å². The Hall–Kier alpha value is -0.240. The zero-order valence-electron chi connectivity index (χ0n) is 10.2. The summed E-state index contributed by atoms with van der Waals surface area (Å²) in [6, 6.07) is 6.09. The van der Waals surface area contributed by atoms with Gasteiger partial charge < -0.3 is 5.32 Å². The first-order valence-electron chi connectivity index (χ1n) is 6.38. The molecule has 1 saturated carbocycles. The van der Waals surface area contributed by atoms with Gasteiger partial charge in [-0.05, 0) is 55.5 Å². The lowest BCUT2D eigenvalue weighted by Gasteiger charge is -2.20. The van der Waals surface area contributed by atoms with Crippen molar-refractivity contribution in [3.63, 3.8) is 0 Å². The first-order valence-corrected chi connectivity index (χ1v) is 7.13. The monoisotopic (exact) mass is 271 g/mol. The van der Waals surface area contributed by atoms with Gasteiger partial charge in [-0.3, -0.25) is 0 Å². The Kier molecular flexibility index (Phi) is 4.72. The molecule has 1 aromatic carbocycles. The van der Waals surface area contributed by atoms with E-state index in [1.807, 2.05) is 12.1 Å². The van der Waals surface area contributed by atoms with Gasteiger partial charge in [-0.2, -0.15) is 0 Å². The minimum atomic E-state index is 0.642. The molecule has 0 heterocycles. The van der Waals surface area contributed by atoms with Crippen molar-refractivity contribution in [1.29, 1.82) is 0 Å². The molecular weight excluding hydrogens is 253 g/mol. The minimum Gasteiger partial charge on any atom is -0.317 e. The summed E-state index contributed by atoms with van der Waals surface area (Å²) in [6.45, 7) is 4.31. The van der Waals surface area contributed by atoms with E-state index in [0.717, 1.165) is 19.0 Å². The molecule has 1 aliphatic rings. The van der Waals surface area contributed by atoms with Crippen molar-refractivity contribution < 1.29 is 0 Å². The Bertz CT molecular complexity index is 378. The van der Waals surface area contributed by atoms with Gasteiger partial charge >= 0.3 is 0 Å². The molecule has 2 rings (SSSR count). The van der Waals surface area contributed by atoms with Gasteiger partial charge in [0.05, 0.1) is 10.0 Å². The van der Waals surface area contributed by atoms with Crippen LogP contribution < -0.4 is 5.32 Å². The van der Waals surface area contributed by atoms with Crippen molar-refractivity contribution in [2.45, 2.75) is 32.1 Å². The molecule has 0 spiro atoms. The van der Waals surface area contributed by atoms with Crippen molar-refractivity contribution in [3.05, 3.63) is 33.8 Å². The van der Waals surface area contributed by atoms with Crippen molar-refractivity contribution in [2.75, 3.05) is 13.1 Å². The van der Waals surface area contributed by atoms with Crippen molar-refractivity contribution in [1.82, 2.24) is 5.32 Å². The number of hydrogen-bond donors (Lipinski definition) is 1. The zero-order valence-corrected chi connectivity index (χ0v) is 11.7. The molecule has 94 valence electrons. The molecule has 1 aromatic rings. The van der Waals surface area contributed by atoms with E-state index in [0.29, 0.717) is 16.0 Å². The van der Waals surface area contributed by atoms with Gasteiger partial charge in [0.2, 0.25) is 0 Å².